The zero-order valence-electron chi connectivity index (χ0n) is 22.6. The van der Waals surface area contributed by atoms with E-state index in [2.05, 4.69) is 131 Å². The van der Waals surface area contributed by atoms with Crippen LogP contribution in [0.2, 0.25) is 0 Å². The van der Waals surface area contributed by atoms with Crippen molar-refractivity contribution in [3.8, 4) is 39.5 Å². The maximum atomic E-state index is 4.99. The van der Waals surface area contributed by atoms with Crippen LogP contribution < -0.4 is 0 Å². The predicted octanol–water partition coefficient (Wildman–Crippen LogP) is 9.07. The molecule has 0 unspecified atom stereocenters. The van der Waals surface area contributed by atoms with Gasteiger partial charge < -0.3 is 9.13 Å². The van der Waals surface area contributed by atoms with Crippen molar-refractivity contribution in [1.82, 2.24) is 19.1 Å². The zero-order valence-corrected chi connectivity index (χ0v) is 22.6. The Morgan fingerprint density at radius 1 is 0.537 bits per heavy atom. The molecule has 0 aliphatic heterocycles. The highest BCUT2D eigenvalue weighted by Crippen LogP contribution is 2.38. The van der Waals surface area contributed by atoms with Crippen molar-refractivity contribution in [2.45, 2.75) is 0 Å². The molecule has 3 heterocycles. The molecule has 3 aromatic heterocycles. The molecule has 0 saturated carbocycles. The number of rotatable bonds is 4. The highest BCUT2D eigenvalue weighted by atomic mass is 15.1. The number of fused-ring (bicyclic) bond motifs is 4. The summed E-state index contributed by atoms with van der Waals surface area (Å²) in [5.74, 6) is 0.957. The fourth-order valence-electron chi connectivity index (χ4n) is 6.07. The smallest absolute Gasteiger partial charge is 0.140 e. The number of hydrogen-bond acceptors (Lipinski definition) is 2. The van der Waals surface area contributed by atoms with Gasteiger partial charge >= 0.3 is 0 Å². The average Bonchev–Trinajstić information content (AvgIpc) is 3.56. The van der Waals surface area contributed by atoms with Crippen LogP contribution >= 0.6 is 0 Å². The van der Waals surface area contributed by atoms with Crippen molar-refractivity contribution in [2.75, 3.05) is 0 Å². The fraction of sp³-hybridized carbons (Fsp3) is 0.0270. The molecule has 0 spiro atoms. The first-order chi connectivity index (χ1) is 20.3. The van der Waals surface area contributed by atoms with E-state index in [1.807, 2.05) is 24.4 Å². The maximum absolute atomic E-state index is 4.99. The van der Waals surface area contributed by atoms with Gasteiger partial charge in [-0.1, -0.05) is 84.9 Å². The van der Waals surface area contributed by atoms with E-state index >= 15 is 0 Å². The van der Waals surface area contributed by atoms with E-state index in [-0.39, 0.29) is 0 Å². The minimum absolute atomic E-state index is 0.953. The lowest BCUT2D eigenvalue weighted by molar-refractivity contribution is 0.959. The van der Waals surface area contributed by atoms with Gasteiger partial charge in [-0.25, -0.2) is 4.98 Å². The maximum Gasteiger partial charge on any atom is 0.140 e. The minimum Gasteiger partial charge on any atom is -0.327 e. The summed E-state index contributed by atoms with van der Waals surface area (Å²) in [6, 6.07) is 47.0. The van der Waals surface area contributed by atoms with Gasteiger partial charge in [-0.15, -0.1) is 0 Å². The molecular formula is C37H26N4. The number of nitrogens with zero attached hydrogens (tertiary/aromatic N) is 4. The van der Waals surface area contributed by atoms with Crippen molar-refractivity contribution >= 4 is 32.8 Å². The Bertz CT molecular complexity index is 2210. The third kappa shape index (κ3) is 3.76. The number of para-hydroxylation sites is 3. The van der Waals surface area contributed by atoms with Gasteiger partial charge in [-0.05, 0) is 59.7 Å². The highest BCUT2D eigenvalue weighted by molar-refractivity contribution is 6.10. The van der Waals surface area contributed by atoms with Crippen LogP contribution in [-0.4, -0.2) is 19.1 Å². The van der Waals surface area contributed by atoms with Gasteiger partial charge in [0.15, 0.2) is 0 Å². The van der Waals surface area contributed by atoms with Crippen LogP contribution in [0.4, 0.5) is 0 Å². The molecular weight excluding hydrogens is 500 g/mol. The van der Waals surface area contributed by atoms with Crippen LogP contribution in [0.3, 0.4) is 0 Å². The van der Waals surface area contributed by atoms with Gasteiger partial charge in [0, 0.05) is 40.8 Å². The molecule has 0 bridgehead atoms. The number of hydrogen-bond donors (Lipinski definition) is 0. The molecule has 0 N–H and O–H groups in total. The van der Waals surface area contributed by atoms with E-state index in [4.69, 9.17) is 9.97 Å². The quantitative estimate of drug-likeness (QED) is 0.229. The summed E-state index contributed by atoms with van der Waals surface area (Å²) in [5.41, 5.74) is 11.0. The molecule has 4 heteroatoms. The second-order valence-corrected chi connectivity index (χ2v) is 10.4. The van der Waals surface area contributed by atoms with Crippen molar-refractivity contribution in [3.05, 3.63) is 140 Å². The SMILES string of the molecule is Cn1c(-c2ccc3c4ccccc4n(-c4ccc(-c5ccccc5)c(-c5ccccn5)c4)c3c2)nc2ccccc21. The molecule has 8 aromatic rings. The van der Waals surface area contributed by atoms with Crippen molar-refractivity contribution in [2.24, 2.45) is 7.05 Å². The third-order valence-corrected chi connectivity index (χ3v) is 8.01. The second-order valence-electron chi connectivity index (χ2n) is 10.4. The Labute approximate surface area is 237 Å². The van der Waals surface area contributed by atoms with E-state index in [9.17, 15) is 0 Å². The summed E-state index contributed by atoms with van der Waals surface area (Å²) in [6.07, 6.45) is 1.86. The molecule has 0 radical (unpaired) electrons. The van der Waals surface area contributed by atoms with Crippen LogP contribution in [0.5, 0.6) is 0 Å². The van der Waals surface area contributed by atoms with Gasteiger partial charge in [-0.2, -0.15) is 0 Å². The van der Waals surface area contributed by atoms with E-state index in [1.165, 1.54) is 21.9 Å². The molecule has 0 aliphatic rings. The summed E-state index contributed by atoms with van der Waals surface area (Å²) >= 11 is 0. The van der Waals surface area contributed by atoms with E-state index in [0.29, 0.717) is 0 Å². The Hall–Kier alpha value is -5.48. The molecule has 0 amide bonds. The number of aryl methyl sites for hydroxylation is 1. The highest BCUT2D eigenvalue weighted by Gasteiger charge is 2.17. The average molecular weight is 527 g/mol. The molecule has 4 nitrogen and oxygen atoms in total. The van der Waals surface area contributed by atoms with Crippen LogP contribution in [0.1, 0.15) is 0 Å². The van der Waals surface area contributed by atoms with Crippen molar-refractivity contribution in [3.63, 3.8) is 0 Å². The lowest BCUT2D eigenvalue weighted by atomic mass is 9.96. The summed E-state index contributed by atoms with van der Waals surface area (Å²) in [4.78, 5) is 9.74. The summed E-state index contributed by atoms with van der Waals surface area (Å²) in [6.45, 7) is 0. The minimum atomic E-state index is 0.953. The largest absolute Gasteiger partial charge is 0.327 e. The van der Waals surface area contributed by atoms with Crippen LogP contribution in [-0.2, 0) is 7.05 Å². The monoisotopic (exact) mass is 526 g/mol. The van der Waals surface area contributed by atoms with Gasteiger partial charge in [0.2, 0.25) is 0 Å². The topological polar surface area (TPSA) is 35.6 Å². The lowest BCUT2D eigenvalue weighted by Crippen LogP contribution is -1.97. The Kier molecular flexibility index (Phi) is 5.32. The Morgan fingerprint density at radius 2 is 1.29 bits per heavy atom. The third-order valence-electron chi connectivity index (χ3n) is 8.01. The molecule has 0 atom stereocenters. The van der Waals surface area contributed by atoms with Crippen molar-refractivity contribution < 1.29 is 0 Å². The van der Waals surface area contributed by atoms with E-state index in [1.54, 1.807) is 0 Å². The number of benzene rings is 5. The lowest BCUT2D eigenvalue weighted by Gasteiger charge is -2.15. The van der Waals surface area contributed by atoms with Gasteiger partial charge in [-0.3, -0.25) is 4.98 Å². The molecule has 194 valence electrons. The predicted molar refractivity (Wildman–Crippen MR) is 169 cm³/mol. The van der Waals surface area contributed by atoms with Gasteiger partial charge in [0.1, 0.15) is 5.82 Å². The first kappa shape index (κ1) is 23.4. The van der Waals surface area contributed by atoms with Crippen LogP contribution in [0.15, 0.2) is 140 Å². The van der Waals surface area contributed by atoms with E-state index < -0.39 is 0 Å². The number of aromatic nitrogens is 4. The molecule has 8 rings (SSSR count). The van der Waals surface area contributed by atoms with E-state index in [0.717, 1.165) is 50.4 Å². The summed E-state index contributed by atoms with van der Waals surface area (Å²) in [7, 11) is 2.09. The fourth-order valence-corrected chi connectivity index (χ4v) is 6.07. The van der Waals surface area contributed by atoms with Crippen molar-refractivity contribution in [1.29, 1.82) is 0 Å². The van der Waals surface area contributed by atoms with Gasteiger partial charge in [0.05, 0.1) is 27.8 Å². The Morgan fingerprint density at radius 3 is 2.12 bits per heavy atom. The Balaban J connectivity index is 1.40. The molecule has 0 fully saturated rings. The zero-order chi connectivity index (χ0) is 27.3. The van der Waals surface area contributed by atoms with Gasteiger partial charge in [0.25, 0.3) is 0 Å². The van der Waals surface area contributed by atoms with Crippen LogP contribution in [0, 0.1) is 0 Å². The molecule has 41 heavy (non-hydrogen) atoms. The first-order valence-corrected chi connectivity index (χ1v) is 13.8. The number of imidazole rings is 1. The molecule has 0 aliphatic carbocycles. The standard InChI is InChI=1S/C37H26N4/c1-40-35-17-8-6-15-33(35)39-37(40)26-18-20-30-29-13-5-7-16-34(29)41(36(30)23-26)27-19-21-28(25-11-3-2-4-12-25)31(24-27)32-14-9-10-22-38-32/h2-24H,1H3. The second kappa shape index (κ2) is 9.32. The normalized spacial score (nSPS) is 11.5. The molecule has 0 saturated heterocycles. The van der Waals surface area contributed by atoms with Crippen LogP contribution in [0.25, 0.3) is 72.3 Å². The summed E-state index contributed by atoms with van der Waals surface area (Å²) in [5, 5.41) is 2.44. The molecule has 5 aromatic carbocycles. The number of pyridine rings is 1. The summed E-state index contributed by atoms with van der Waals surface area (Å²) < 4.78 is 4.55. The first-order valence-electron chi connectivity index (χ1n) is 13.8.